The van der Waals surface area contributed by atoms with Crippen molar-refractivity contribution >= 4 is 21.8 Å². The molecule has 0 spiro atoms. The molecule has 0 aromatic heterocycles. The minimum absolute atomic E-state index is 0.104. The summed E-state index contributed by atoms with van der Waals surface area (Å²) in [5.74, 6) is -0.328. The quantitative estimate of drug-likeness (QED) is 0.807. The Kier molecular flexibility index (Phi) is 6.32. The number of carbonyl (C=O) groups excluding carboxylic acids is 1. The summed E-state index contributed by atoms with van der Waals surface area (Å²) in [5.41, 5.74) is 12.1. The second kappa shape index (κ2) is 7.51. The number of nitrogens with two attached hydrogens (primary N) is 2. The van der Waals surface area contributed by atoms with E-state index in [0.717, 1.165) is 10.0 Å². The van der Waals surface area contributed by atoms with Gasteiger partial charge in [-0.1, -0.05) is 28.1 Å². The van der Waals surface area contributed by atoms with Crippen LogP contribution >= 0.6 is 15.9 Å². The van der Waals surface area contributed by atoms with Gasteiger partial charge in [0.1, 0.15) is 0 Å². The first-order valence-corrected chi connectivity index (χ1v) is 6.68. The van der Waals surface area contributed by atoms with Crippen LogP contribution < -0.4 is 11.5 Å². The Bertz CT molecular complexity index is 381. The highest BCUT2D eigenvalue weighted by molar-refractivity contribution is 9.10. The Labute approximate surface area is 116 Å². The van der Waals surface area contributed by atoms with Crippen molar-refractivity contribution in [3.8, 4) is 0 Å². The number of halogens is 1. The molecule has 0 fully saturated rings. The lowest BCUT2D eigenvalue weighted by atomic mass is 10.1. The van der Waals surface area contributed by atoms with E-state index in [9.17, 15) is 4.79 Å². The summed E-state index contributed by atoms with van der Waals surface area (Å²) in [6, 6.07) is 7.75. The van der Waals surface area contributed by atoms with Crippen LogP contribution in [0.4, 0.5) is 0 Å². The summed E-state index contributed by atoms with van der Waals surface area (Å²) in [7, 11) is 0. The fraction of sp³-hybridized carbons (Fsp3) is 0.462. The maximum Gasteiger partial charge on any atom is 0.217 e. The lowest BCUT2D eigenvalue weighted by molar-refractivity contribution is -0.118. The first-order valence-electron chi connectivity index (χ1n) is 5.89. The summed E-state index contributed by atoms with van der Waals surface area (Å²) in [5, 5.41) is 0. The van der Waals surface area contributed by atoms with Gasteiger partial charge in [0.05, 0.1) is 12.7 Å². The van der Waals surface area contributed by atoms with E-state index in [0.29, 0.717) is 19.4 Å². The van der Waals surface area contributed by atoms with E-state index in [1.165, 1.54) is 0 Å². The molecule has 100 valence electrons. The maximum absolute atomic E-state index is 10.7. The molecule has 0 radical (unpaired) electrons. The van der Waals surface area contributed by atoms with Gasteiger partial charge in [-0.15, -0.1) is 0 Å². The van der Waals surface area contributed by atoms with E-state index in [2.05, 4.69) is 15.9 Å². The highest BCUT2D eigenvalue weighted by Gasteiger charge is 2.14. The predicted molar refractivity (Wildman–Crippen MR) is 74.8 cm³/mol. The van der Waals surface area contributed by atoms with Crippen molar-refractivity contribution in [2.24, 2.45) is 11.5 Å². The summed E-state index contributed by atoms with van der Waals surface area (Å²) in [6.45, 7) is 2.42. The van der Waals surface area contributed by atoms with Crippen LogP contribution in [0.3, 0.4) is 0 Å². The molecule has 0 heterocycles. The van der Waals surface area contributed by atoms with Crippen molar-refractivity contribution in [1.29, 1.82) is 0 Å². The lowest BCUT2D eigenvalue weighted by Gasteiger charge is -2.20. The number of rotatable bonds is 7. The van der Waals surface area contributed by atoms with Gasteiger partial charge in [-0.2, -0.15) is 0 Å². The first-order chi connectivity index (χ1) is 8.49. The van der Waals surface area contributed by atoms with Crippen molar-refractivity contribution in [2.45, 2.75) is 38.5 Å². The van der Waals surface area contributed by atoms with Crippen LogP contribution in [0.25, 0.3) is 0 Å². The van der Waals surface area contributed by atoms with Gasteiger partial charge in [0.25, 0.3) is 0 Å². The molecule has 1 rings (SSSR count). The van der Waals surface area contributed by atoms with E-state index >= 15 is 0 Å². The van der Waals surface area contributed by atoms with Crippen molar-refractivity contribution in [1.82, 2.24) is 0 Å². The molecular weight excluding hydrogens is 296 g/mol. The zero-order valence-electron chi connectivity index (χ0n) is 10.4. The molecule has 4 N–H and O–H groups in total. The first kappa shape index (κ1) is 15.1. The number of primary amides is 1. The molecule has 0 aliphatic rings. The summed E-state index contributed by atoms with van der Waals surface area (Å²) in [4.78, 5) is 10.7. The van der Waals surface area contributed by atoms with Crippen molar-refractivity contribution in [3.05, 3.63) is 34.3 Å². The van der Waals surface area contributed by atoms with Gasteiger partial charge in [-0.3, -0.25) is 4.79 Å². The van der Waals surface area contributed by atoms with Crippen molar-refractivity contribution in [2.75, 3.05) is 0 Å². The van der Waals surface area contributed by atoms with Crippen LogP contribution in [0.1, 0.15) is 25.3 Å². The molecule has 0 bridgehead atoms. The molecule has 18 heavy (non-hydrogen) atoms. The van der Waals surface area contributed by atoms with Gasteiger partial charge < -0.3 is 16.2 Å². The average molecular weight is 315 g/mol. The van der Waals surface area contributed by atoms with Gasteiger partial charge in [-0.25, -0.2) is 0 Å². The Morgan fingerprint density at radius 2 is 2.00 bits per heavy atom. The van der Waals surface area contributed by atoms with Gasteiger partial charge >= 0.3 is 0 Å². The number of hydrogen-bond acceptors (Lipinski definition) is 3. The third kappa shape index (κ3) is 5.62. The molecule has 0 saturated heterocycles. The standard InChI is InChI=1S/C13H19BrN2O2/c1-9(12(15)6-7-13(16)17)18-8-10-2-4-11(14)5-3-10/h2-5,9,12H,6-8,15H2,1H3,(H2,16,17)/t9-,12+/m1/s1. The van der Waals surface area contributed by atoms with Gasteiger partial charge in [0, 0.05) is 16.9 Å². The van der Waals surface area contributed by atoms with E-state index in [1.54, 1.807) is 0 Å². The summed E-state index contributed by atoms with van der Waals surface area (Å²) < 4.78 is 6.71. The van der Waals surface area contributed by atoms with E-state index in [1.807, 2.05) is 31.2 Å². The average Bonchev–Trinajstić information content (AvgIpc) is 2.34. The van der Waals surface area contributed by atoms with Crippen LogP contribution in [0.5, 0.6) is 0 Å². The molecule has 0 aliphatic heterocycles. The highest BCUT2D eigenvalue weighted by atomic mass is 79.9. The molecule has 0 aliphatic carbocycles. The number of ether oxygens (including phenoxy) is 1. The van der Waals surface area contributed by atoms with Gasteiger partial charge in [0.15, 0.2) is 0 Å². The second-order valence-corrected chi connectivity index (χ2v) is 5.23. The van der Waals surface area contributed by atoms with E-state index < -0.39 is 0 Å². The van der Waals surface area contributed by atoms with Crippen LogP contribution in [-0.4, -0.2) is 18.1 Å². The molecule has 4 nitrogen and oxygen atoms in total. The molecular formula is C13H19BrN2O2. The fourth-order valence-corrected chi connectivity index (χ4v) is 1.74. The molecule has 1 aromatic rings. The van der Waals surface area contributed by atoms with Crippen molar-refractivity contribution < 1.29 is 9.53 Å². The Hall–Kier alpha value is -0.910. The third-order valence-electron chi connectivity index (χ3n) is 2.75. The minimum atomic E-state index is -0.328. The molecule has 1 aromatic carbocycles. The third-order valence-corrected chi connectivity index (χ3v) is 3.28. The smallest absolute Gasteiger partial charge is 0.217 e. The van der Waals surface area contributed by atoms with Crippen LogP contribution in [-0.2, 0) is 16.1 Å². The molecule has 2 atom stereocenters. The van der Waals surface area contributed by atoms with Gasteiger partial charge in [-0.05, 0) is 31.0 Å². The van der Waals surface area contributed by atoms with Crippen molar-refractivity contribution in [3.63, 3.8) is 0 Å². The molecule has 0 unspecified atom stereocenters. The lowest BCUT2D eigenvalue weighted by Crippen LogP contribution is -2.35. The predicted octanol–water partition coefficient (Wildman–Crippen LogP) is 1.95. The zero-order valence-corrected chi connectivity index (χ0v) is 12.0. The molecule has 1 amide bonds. The SMILES string of the molecule is C[C@@H](OCc1ccc(Br)cc1)[C@@H](N)CCC(N)=O. The Balaban J connectivity index is 2.33. The van der Waals surface area contributed by atoms with E-state index in [4.69, 9.17) is 16.2 Å². The topological polar surface area (TPSA) is 78.3 Å². The van der Waals surface area contributed by atoms with Crippen LogP contribution in [0.2, 0.25) is 0 Å². The zero-order chi connectivity index (χ0) is 13.5. The number of amides is 1. The number of carbonyl (C=O) groups is 1. The molecule has 5 heteroatoms. The summed E-state index contributed by atoms with van der Waals surface area (Å²) >= 11 is 3.38. The largest absolute Gasteiger partial charge is 0.372 e. The number of hydrogen-bond donors (Lipinski definition) is 2. The normalized spacial score (nSPS) is 14.2. The Morgan fingerprint density at radius 3 is 2.56 bits per heavy atom. The Morgan fingerprint density at radius 1 is 1.39 bits per heavy atom. The van der Waals surface area contributed by atoms with E-state index in [-0.39, 0.29) is 18.1 Å². The minimum Gasteiger partial charge on any atom is -0.372 e. The highest BCUT2D eigenvalue weighted by Crippen LogP contribution is 2.13. The summed E-state index contributed by atoms with van der Waals surface area (Å²) in [6.07, 6.45) is 0.747. The number of benzene rings is 1. The van der Waals surface area contributed by atoms with Crippen LogP contribution in [0.15, 0.2) is 28.7 Å². The monoisotopic (exact) mass is 314 g/mol. The maximum atomic E-state index is 10.7. The second-order valence-electron chi connectivity index (χ2n) is 4.31. The van der Waals surface area contributed by atoms with Crippen LogP contribution in [0, 0.1) is 0 Å². The van der Waals surface area contributed by atoms with Gasteiger partial charge in [0.2, 0.25) is 5.91 Å². The molecule has 0 saturated carbocycles. The fourth-order valence-electron chi connectivity index (χ4n) is 1.48.